The Morgan fingerprint density at radius 2 is 2.10 bits per heavy atom. The van der Waals surface area contributed by atoms with Gasteiger partial charge in [-0.3, -0.25) is 9.78 Å². The van der Waals surface area contributed by atoms with E-state index in [0.29, 0.717) is 12.3 Å². The lowest BCUT2D eigenvalue weighted by Crippen LogP contribution is -2.52. The van der Waals surface area contributed by atoms with Crippen molar-refractivity contribution in [2.75, 3.05) is 43.4 Å². The highest BCUT2D eigenvalue weighted by Crippen LogP contribution is 2.23. The zero-order chi connectivity index (χ0) is 14.7. The van der Waals surface area contributed by atoms with Crippen LogP contribution in [0.25, 0.3) is 0 Å². The van der Waals surface area contributed by atoms with E-state index in [-0.39, 0.29) is 12.0 Å². The predicted molar refractivity (Wildman–Crippen MR) is 81.0 cm³/mol. The zero-order valence-corrected chi connectivity index (χ0v) is 12.2. The van der Waals surface area contributed by atoms with E-state index in [1.807, 2.05) is 11.0 Å². The van der Waals surface area contributed by atoms with E-state index < -0.39 is 0 Å². The Kier molecular flexibility index (Phi) is 4.24. The van der Waals surface area contributed by atoms with E-state index >= 15 is 0 Å². The standard InChI is InChI=1S/C15H22N4O2/c16-12-11-17-5-4-13(12)18-6-8-19(9-7-18)15(20)14-3-1-2-10-21-14/h4-5,11,14H,1-3,6-10,16H2. The van der Waals surface area contributed by atoms with Crippen molar-refractivity contribution >= 4 is 17.3 Å². The van der Waals surface area contributed by atoms with Crippen LogP contribution in [0.2, 0.25) is 0 Å². The third kappa shape index (κ3) is 3.10. The number of carbonyl (C=O) groups excluding carboxylic acids is 1. The fourth-order valence-electron chi connectivity index (χ4n) is 2.99. The first-order chi connectivity index (χ1) is 10.3. The molecule has 0 spiro atoms. The van der Waals surface area contributed by atoms with E-state index in [1.165, 1.54) is 0 Å². The molecule has 1 aromatic rings. The second-order valence-corrected chi connectivity index (χ2v) is 5.60. The van der Waals surface area contributed by atoms with Gasteiger partial charge in [-0.05, 0) is 25.3 Å². The molecule has 3 heterocycles. The average molecular weight is 290 g/mol. The lowest BCUT2D eigenvalue weighted by molar-refractivity contribution is -0.146. The van der Waals surface area contributed by atoms with E-state index in [4.69, 9.17) is 10.5 Å². The Hall–Kier alpha value is -1.82. The number of hydrogen-bond donors (Lipinski definition) is 1. The van der Waals surface area contributed by atoms with Gasteiger partial charge in [-0.1, -0.05) is 0 Å². The van der Waals surface area contributed by atoms with Gasteiger partial charge in [-0.2, -0.15) is 0 Å². The number of nitrogen functional groups attached to an aromatic ring is 1. The summed E-state index contributed by atoms with van der Waals surface area (Å²) in [4.78, 5) is 20.6. The van der Waals surface area contributed by atoms with Gasteiger partial charge in [-0.25, -0.2) is 0 Å². The molecule has 0 aliphatic carbocycles. The molecular weight excluding hydrogens is 268 g/mol. The number of aromatic nitrogens is 1. The topological polar surface area (TPSA) is 71.7 Å². The molecule has 3 rings (SSSR count). The van der Waals surface area contributed by atoms with Crippen molar-refractivity contribution in [3.05, 3.63) is 18.5 Å². The highest BCUT2D eigenvalue weighted by Gasteiger charge is 2.29. The van der Waals surface area contributed by atoms with E-state index in [1.54, 1.807) is 12.4 Å². The van der Waals surface area contributed by atoms with Gasteiger partial charge in [0.05, 0.1) is 17.6 Å². The third-order valence-corrected chi connectivity index (χ3v) is 4.22. The van der Waals surface area contributed by atoms with Crippen LogP contribution in [-0.4, -0.2) is 54.7 Å². The van der Waals surface area contributed by atoms with Crippen LogP contribution in [0.3, 0.4) is 0 Å². The summed E-state index contributed by atoms with van der Waals surface area (Å²) in [5.74, 6) is 0.150. The summed E-state index contributed by atoms with van der Waals surface area (Å²) in [6, 6.07) is 1.93. The molecule has 6 heteroatoms. The fourth-order valence-corrected chi connectivity index (χ4v) is 2.99. The summed E-state index contributed by atoms with van der Waals surface area (Å²) < 4.78 is 5.59. The van der Waals surface area contributed by atoms with Gasteiger partial charge in [0, 0.05) is 39.0 Å². The molecule has 21 heavy (non-hydrogen) atoms. The summed E-state index contributed by atoms with van der Waals surface area (Å²) in [7, 11) is 0. The smallest absolute Gasteiger partial charge is 0.251 e. The first-order valence-electron chi connectivity index (χ1n) is 7.60. The molecule has 1 amide bonds. The fraction of sp³-hybridized carbons (Fsp3) is 0.600. The second kappa shape index (κ2) is 6.30. The number of nitrogens with two attached hydrogens (primary N) is 1. The minimum Gasteiger partial charge on any atom is -0.396 e. The van der Waals surface area contributed by atoms with Crippen molar-refractivity contribution in [2.45, 2.75) is 25.4 Å². The van der Waals surface area contributed by atoms with E-state index in [2.05, 4.69) is 9.88 Å². The van der Waals surface area contributed by atoms with Crippen LogP contribution >= 0.6 is 0 Å². The lowest BCUT2D eigenvalue weighted by atomic mass is 10.1. The molecule has 1 aromatic heterocycles. The molecule has 1 atom stereocenters. The van der Waals surface area contributed by atoms with Gasteiger partial charge >= 0.3 is 0 Å². The summed E-state index contributed by atoms with van der Waals surface area (Å²) in [5.41, 5.74) is 7.65. The van der Waals surface area contributed by atoms with Crippen molar-refractivity contribution in [2.24, 2.45) is 0 Å². The SMILES string of the molecule is Nc1cnccc1N1CCN(C(=O)C2CCCCO2)CC1. The highest BCUT2D eigenvalue weighted by atomic mass is 16.5. The highest BCUT2D eigenvalue weighted by molar-refractivity contribution is 5.81. The Bertz CT molecular complexity index is 494. The number of anilines is 2. The van der Waals surface area contributed by atoms with Crippen LogP contribution < -0.4 is 10.6 Å². The number of nitrogens with zero attached hydrogens (tertiary/aromatic N) is 3. The molecule has 2 N–H and O–H groups in total. The lowest BCUT2D eigenvalue weighted by Gasteiger charge is -2.38. The minimum atomic E-state index is -0.226. The van der Waals surface area contributed by atoms with Crippen molar-refractivity contribution < 1.29 is 9.53 Å². The molecule has 0 aromatic carbocycles. The summed E-state index contributed by atoms with van der Waals surface area (Å²) in [6.45, 7) is 3.75. The van der Waals surface area contributed by atoms with E-state index in [9.17, 15) is 4.79 Å². The van der Waals surface area contributed by atoms with Crippen LogP contribution in [0, 0.1) is 0 Å². The van der Waals surface area contributed by atoms with Crippen molar-refractivity contribution in [1.82, 2.24) is 9.88 Å². The number of amides is 1. The van der Waals surface area contributed by atoms with Crippen molar-refractivity contribution in [3.8, 4) is 0 Å². The van der Waals surface area contributed by atoms with Crippen LogP contribution in [0.1, 0.15) is 19.3 Å². The second-order valence-electron chi connectivity index (χ2n) is 5.60. The number of rotatable bonds is 2. The Labute approximate surface area is 124 Å². The number of piperazine rings is 1. The van der Waals surface area contributed by atoms with Crippen LogP contribution in [0.4, 0.5) is 11.4 Å². The van der Waals surface area contributed by atoms with Gasteiger partial charge in [0.25, 0.3) is 5.91 Å². The number of pyridine rings is 1. The molecule has 2 aliphatic rings. The molecule has 0 radical (unpaired) electrons. The molecular formula is C15H22N4O2. The Balaban J connectivity index is 1.57. The number of ether oxygens (including phenoxy) is 1. The van der Waals surface area contributed by atoms with Gasteiger partial charge in [0.15, 0.2) is 0 Å². The van der Waals surface area contributed by atoms with Crippen LogP contribution in [-0.2, 0) is 9.53 Å². The van der Waals surface area contributed by atoms with Crippen molar-refractivity contribution in [3.63, 3.8) is 0 Å². The van der Waals surface area contributed by atoms with Crippen LogP contribution in [0.15, 0.2) is 18.5 Å². The summed E-state index contributed by atoms with van der Waals surface area (Å²) in [5, 5.41) is 0. The largest absolute Gasteiger partial charge is 0.396 e. The maximum absolute atomic E-state index is 12.4. The molecule has 2 saturated heterocycles. The molecule has 114 valence electrons. The monoisotopic (exact) mass is 290 g/mol. The normalized spacial score (nSPS) is 23.1. The molecule has 2 aliphatic heterocycles. The molecule has 6 nitrogen and oxygen atoms in total. The molecule has 0 saturated carbocycles. The Morgan fingerprint density at radius 1 is 1.29 bits per heavy atom. The zero-order valence-electron chi connectivity index (χ0n) is 12.2. The predicted octanol–water partition coefficient (Wildman–Crippen LogP) is 0.881. The maximum atomic E-state index is 12.4. The average Bonchev–Trinajstić information content (AvgIpc) is 2.56. The van der Waals surface area contributed by atoms with E-state index in [0.717, 1.165) is 51.1 Å². The first-order valence-corrected chi connectivity index (χ1v) is 7.60. The third-order valence-electron chi connectivity index (χ3n) is 4.22. The van der Waals surface area contributed by atoms with Gasteiger partial charge in [-0.15, -0.1) is 0 Å². The Morgan fingerprint density at radius 3 is 2.76 bits per heavy atom. The van der Waals surface area contributed by atoms with Crippen LogP contribution in [0.5, 0.6) is 0 Å². The molecule has 0 bridgehead atoms. The van der Waals surface area contributed by atoms with Gasteiger partial charge < -0.3 is 20.3 Å². The van der Waals surface area contributed by atoms with Crippen molar-refractivity contribution in [1.29, 1.82) is 0 Å². The first kappa shape index (κ1) is 14.1. The summed E-state index contributed by atoms with van der Waals surface area (Å²) in [6.07, 6.45) is 6.21. The number of hydrogen-bond acceptors (Lipinski definition) is 5. The maximum Gasteiger partial charge on any atom is 0.251 e. The summed E-state index contributed by atoms with van der Waals surface area (Å²) >= 11 is 0. The van der Waals surface area contributed by atoms with Gasteiger partial charge in [0.1, 0.15) is 6.10 Å². The number of carbonyl (C=O) groups is 1. The molecule has 1 unspecified atom stereocenters. The quantitative estimate of drug-likeness (QED) is 0.875. The minimum absolute atomic E-state index is 0.150. The molecule has 2 fully saturated rings. The van der Waals surface area contributed by atoms with Gasteiger partial charge in [0.2, 0.25) is 0 Å².